The summed E-state index contributed by atoms with van der Waals surface area (Å²) in [6.45, 7) is 2.74. The summed E-state index contributed by atoms with van der Waals surface area (Å²) in [5.41, 5.74) is 2.67. The Morgan fingerprint density at radius 1 is 1.13 bits per heavy atom. The standard InChI is InChI=1S/C24H28N2O5/c1-15-24(28)26(11-10-16-4-8-21(29-2)22(12-16)30-3)14-18-13-19(7-9-20(18)31-15)25-23(27)17-5-6-17/h4,7-9,12-13,15,17H,5-6,10-11,14H2,1-3H3,(H,25,27). The molecule has 1 atom stereocenters. The smallest absolute Gasteiger partial charge is 0.263 e. The van der Waals surface area contributed by atoms with Crippen molar-refractivity contribution in [2.45, 2.75) is 38.8 Å². The molecule has 1 fully saturated rings. The van der Waals surface area contributed by atoms with E-state index in [0.717, 1.165) is 29.7 Å². The van der Waals surface area contributed by atoms with Gasteiger partial charge in [0, 0.05) is 30.3 Å². The molecule has 0 saturated heterocycles. The second-order valence-electron chi connectivity index (χ2n) is 8.05. The first-order valence-corrected chi connectivity index (χ1v) is 10.6. The van der Waals surface area contributed by atoms with Crippen LogP contribution in [0.15, 0.2) is 36.4 Å². The summed E-state index contributed by atoms with van der Waals surface area (Å²) < 4.78 is 16.6. The van der Waals surface area contributed by atoms with Crippen LogP contribution in [0.25, 0.3) is 0 Å². The Hall–Kier alpha value is -3.22. The number of amides is 2. The van der Waals surface area contributed by atoms with Gasteiger partial charge in [0.1, 0.15) is 5.75 Å². The van der Waals surface area contributed by atoms with Crippen LogP contribution in [0.3, 0.4) is 0 Å². The third-order valence-electron chi connectivity index (χ3n) is 5.72. The fraction of sp³-hybridized carbons (Fsp3) is 0.417. The zero-order valence-corrected chi connectivity index (χ0v) is 18.1. The summed E-state index contributed by atoms with van der Waals surface area (Å²) in [6.07, 6.45) is 2.01. The molecule has 7 nitrogen and oxygen atoms in total. The van der Waals surface area contributed by atoms with Gasteiger partial charge in [-0.25, -0.2) is 0 Å². The molecular formula is C24H28N2O5. The highest BCUT2D eigenvalue weighted by Gasteiger charge is 2.31. The van der Waals surface area contributed by atoms with Crippen molar-refractivity contribution in [2.24, 2.45) is 5.92 Å². The molecule has 164 valence electrons. The minimum Gasteiger partial charge on any atom is -0.493 e. The number of hydrogen-bond donors (Lipinski definition) is 1. The lowest BCUT2D eigenvalue weighted by atomic mass is 10.1. The largest absolute Gasteiger partial charge is 0.493 e. The number of carbonyl (C=O) groups is 2. The molecule has 4 rings (SSSR count). The predicted molar refractivity (Wildman–Crippen MR) is 117 cm³/mol. The fourth-order valence-electron chi connectivity index (χ4n) is 3.76. The Morgan fingerprint density at radius 2 is 1.90 bits per heavy atom. The maximum Gasteiger partial charge on any atom is 0.263 e. The molecule has 0 aromatic heterocycles. The van der Waals surface area contributed by atoms with Gasteiger partial charge in [0.25, 0.3) is 5.91 Å². The Kier molecular flexibility index (Phi) is 6.02. The van der Waals surface area contributed by atoms with Crippen molar-refractivity contribution >= 4 is 17.5 Å². The molecule has 1 N–H and O–H groups in total. The van der Waals surface area contributed by atoms with Gasteiger partial charge < -0.3 is 24.4 Å². The quantitative estimate of drug-likeness (QED) is 0.737. The lowest BCUT2D eigenvalue weighted by Crippen LogP contribution is -2.39. The lowest BCUT2D eigenvalue weighted by Gasteiger charge is -2.22. The van der Waals surface area contributed by atoms with Gasteiger partial charge in [-0.3, -0.25) is 9.59 Å². The van der Waals surface area contributed by atoms with E-state index in [-0.39, 0.29) is 17.7 Å². The first kappa shape index (κ1) is 21.0. The van der Waals surface area contributed by atoms with E-state index < -0.39 is 6.10 Å². The predicted octanol–water partition coefficient (Wildman–Crippen LogP) is 3.40. The van der Waals surface area contributed by atoms with Crippen LogP contribution in [-0.4, -0.2) is 43.6 Å². The Bertz CT molecular complexity index is 986. The average molecular weight is 424 g/mol. The van der Waals surface area contributed by atoms with Crippen molar-refractivity contribution in [2.75, 3.05) is 26.1 Å². The highest BCUT2D eigenvalue weighted by atomic mass is 16.5. The molecule has 2 amide bonds. The number of ether oxygens (including phenoxy) is 3. The molecule has 1 aliphatic carbocycles. The molecule has 2 aromatic carbocycles. The molecule has 0 radical (unpaired) electrons. The minimum atomic E-state index is -0.571. The highest BCUT2D eigenvalue weighted by molar-refractivity contribution is 5.94. The second kappa shape index (κ2) is 8.88. The van der Waals surface area contributed by atoms with Crippen molar-refractivity contribution in [3.8, 4) is 17.2 Å². The van der Waals surface area contributed by atoms with E-state index in [0.29, 0.717) is 36.8 Å². The summed E-state index contributed by atoms with van der Waals surface area (Å²) in [5, 5.41) is 2.97. The van der Waals surface area contributed by atoms with Crippen LogP contribution in [0.1, 0.15) is 30.9 Å². The van der Waals surface area contributed by atoms with Crippen LogP contribution in [0, 0.1) is 5.92 Å². The van der Waals surface area contributed by atoms with Gasteiger partial charge in [0.2, 0.25) is 5.91 Å². The molecule has 1 unspecified atom stereocenters. The SMILES string of the molecule is COc1ccc(CCN2Cc3cc(NC(=O)C4CC4)ccc3OC(C)C2=O)cc1OC. The molecule has 0 bridgehead atoms. The number of fused-ring (bicyclic) bond motifs is 1. The van der Waals surface area contributed by atoms with Crippen LogP contribution in [-0.2, 0) is 22.6 Å². The number of rotatable bonds is 7. The number of methoxy groups -OCH3 is 2. The van der Waals surface area contributed by atoms with E-state index >= 15 is 0 Å². The van der Waals surface area contributed by atoms with Crippen LogP contribution >= 0.6 is 0 Å². The van der Waals surface area contributed by atoms with Crippen LogP contribution in [0.2, 0.25) is 0 Å². The fourth-order valence-corrected chi connectivity index (χ4v) is 3.76. The zero-order chi connectivity index (χ0) is 22.0. The van der Waals surface area contributed by atoms with E-state index in [1.165, 1.54) is 0 Å². The molecule has 1 aliphatic heterocycles. The molecule has 31 heavy (non-hydrogen) atoms. The number of benzene rings is 2. The van der Waals surface area contributed by atoms with Gasteiger partial charge in [0.05, 0.1) is 14.2 Å². The summed E-state index contributed by atoms with van der Waals surface area (Å²) in [7, 11) is 3.21. The van der Waals surface area contributed by atoms with Gasteiger partial charge in [-0.1, -0.05) is 6.07 Å². The van der Waals surface area contributed by atoms with E-state index in [1.54, 1.807) is 26.0 Å². The minimum absolute atomic E-state index is 0.0553. The van der Waals surface area contributed by atoms with E-state index in [4.69, 9.17) is 14.2 Å². The van der Waals surface area contributed by atoms with E-state index in [2.05, 4.69) is 5.32 Å². The number of nitrogens with one attached hydrogen (secondary N) is 1. The third kappa shape index (κ3) is 4.76. The maximum absolute atomic E-state index is 12.9. The normalized spacial score (nSPS) is 18.0. The topological polar surface area (TPSA) is 77.1 Å². The summed E-state index contributed by atoms with van der Waals surface area (Å²) in [5.74, 6) is 2.16. The monoisotopic (exact) mass is 424 g/mol. The Balaban J connectivity index is 1.49. The van der Waals surface area contributed by atoms with Crippen molar-refractivity contribution in [1.82, 2.24) is 4.90 Å². The van der Waals surface area contributed by atoms with Gasteiger partial charge in [0.15, 0.2) is 17.6 Å². The highest BCUT2D eigenvalue weighted by Crippen LogP contribution is 2.33. The van der Waals surface area contributed by atoms with Gasteiger partial charge in [-0.2, -0.15) is 0 Å². The van der Waals surface area contributed by atoms with E-state index in [9.17, 15) is 9.59 Å². The van der Waals surface area contributed by atoms with Crippen LogP contribution < -0.4 is 19.5 Å². The number of anilines is 1. The first-order valence-electron chi connectivity index (χ1n) is 10.6. The van der Waals surface area contributed by atoms with Crippen molar-refractivity contribution in [3.05, 3.63) is 47.5 Å². The molecule has 7 heteroatoms. The Labute approximate surface area is 182 Å². The molecule has 0 spiro atoms. The first-order chi connectivity index (χ1) is 15.0. The van der Waals surface area contributed by atoms with E-state index in [1.807, 2.05) is 36.4 Å². The van der Waals surface area contributed by atoms with Gasteiger partial charge in [-0.05, 0) is 62.1 Å². The van der Waals surface area contributed by atoms with Crippen LogP contribution in [0.4, 0.5) is 5.69 Å². The zero-order valence-electron chi connectivity index (χ0n) is 18.1. The van der Waals surface area contributed by atoms with Crippen LogP contribution in [0.5, 0.6) is 17.2 Å². The van der Waals surface area contributed by atoms with Crippen molar-refractivity contribution in [3.63, 3.8) is 0 Å². The molecule has 1 saturated carbocycles. The third-order valence-corrected chi connectivity index (χ3v) is 5.72. The molecule has 2 aliphatic rings. The summed E-state index contributed by atoms with van der Waals surface area (Å²) in [6, 6.07) is 11.3. The van der Waals surface area contributed by atoms with Gasteiger partial charge in [-0.15, -0.1) is 0 Å². The molecular weight excluding hydrogens is 396 g/mol. The van der Waals surface area contributed by atoms with Gasteiger partial charge >= 0.3 is 0 Å². The second-order valence-corrected chi connectivity index (χ2v) is 8.05. The lowest BCUT2D eigenvalue weighted by molar-refractivity contribution is -0.137. The average Bonchev–Trinajstić information content (AvgIpc) is 3.63. The maximum atomic E-state index is 12.9. The number of hydrogen-bond acceptors (Lipinski definition) is 5. The summed E-state index contributed by atoms with van der Waals surface area (Å²) >= 11 is 0. The molecule has 1 heterocycles. The Morgan fingerprint density at radius 3 is 2.61 bits per heavy atom. The molecule has 2 aromatic rings. The number of nitrogens with zero attached hydrogens (tertiary/aromatic N) is 1. The van der Waals surface area contributed by atoms with Crippen molar-refractivity contribution in [1.29, 1.82) is 0 Å². The van der Waals surface area contributed by atoms with Crippen molar-refractivity contribution < 1.29 is 23.8 Å². The number of carbonyl (C=O) groups excluding carboxylic acids is 2. The summed E-state index contributed by atoms with van der Waals surface area (Å²) in [4.78, 5) is 26.8.